The third kappa shape index (κ3) is 5.30. The number of aromatic nitrogens is 1. The number of nitrogens with zero attached hydrogens (tertiary/aromatic N) is 1. The molecule has 0 aliphatic rings. The number of benzene rings is 2. The predicted octanol–water partition coefficient (Wildman–Crippen LogP) is 5.92. The molecule has 1 heterocycles. The first kappa shape index (κ1) is 20.7. The molecule has 0 aliphatic carbocycles. The lowest BCUT2D eigenvalue weighted by atomic mass is 10.2. The molecule has 3 rings (SSSR count). The summed E-state index contributed by atoms with van der Waals surface area (Å²) in [4.78, 5) is 4.01. The van der Waals surface area contributed by atoms with Crippen LogP contribution in [0, 0.1) is 0 Å². The predicted molar refractivity (Wildman–Crippen MR) is 114 cm³/mol. The maximum Gasteiger partial charge on any atom is 0.163 e. The largest absolute Gasteiger partial charge is 0.493 e. The van der Waals surface area contributed by atoms with Crippen LogP contribution < -0.4 is 14.8 Å². The number of methoxy groups -OCH3 is 1. The first-order valence-corrected chi connectivity index (χ1v) is 9.73. The highest BCUT2D eigenvalue weighted by atomic mass is 35.5. The van der Waals surface area contributed by atoms with Crippen molar-refractivity contribution in [1.82, 2.24) is 10.3 Å². The third-order valence-electron chi connectivity index (χ3n) is 4.16. The molecule has 0 aliphatic heterocycles. The Morgan fingerprint density at radius 2 is 1.61 bits per heavy atom. The van der Waals surface area contributed by atoms with E-state index < -0.39 is 0 Å². The number of pyridine rings is 1. The van der Waals surface area contributed by atoms with Gasteiger partial charge in [-0.2, -0.15) is 0 Å². The van der Waals surface area contributed by atoms with Crippen molar-refractivity contribution in [2.75, 3.05) is 7.11 Å². The van der Waals surface area contributed by atoms with E-state index in [1.165, 1.54) is 0 Å². The zero-order valence-electron chi connectivity index (χ0n) is 15.2. The lowest BCUT2D eigenvalue weighted by molar-refractivity contribution is 0.284. The molecule has 0 unspecified atom stereocenters. The summed E-state index contributed by atoms with van der Waals surface area (Å²) in [6, 6.07) is 12.9. The molecule has 0 bridgehead atoms. The van der Waals surface area contributed by atoms with Crippen molar-refractivity contribution in [3.8, 4) is 11.5 Å². The summed E-state index contributed by atoms with van der Waals surface area (Å²) >= 11 is 18.8. The number of hydrogen-bond acceptors (Lipinski definition) is 4. The number of rotatable bonds is 8. The Morgan fingerprint density at radius 3 is 2.29 bits per heavy atom. The van der Waals surface area contributed by atoms with Crippen molar-refractivity contribution in [3.05, 3.63) is 86.6 Å². The summed E-state index contributed by atoms with van der Waals surface area (Å²) in [5.74, 6) is 1.12. The molecule has 0 atom stereocenters. The van der Waals surface area contributed by atoms with Gasteiger partial charge < -0.3 is 14.8 Å². The van der Waals surface area contributed by atoms with Crippen LogP contribution in [0.5, 0.6) is 11.5 Å². The molecule has 7 heteroatoms. The van der Waals surface area contributed by atoms with E-state index in [0.29, 0.717) is 45.2 Å². The van der Waals surface area contributed by atoms with E-state index in [0.717, 1.165) is 11.1 Å². The van der Waals surface area contributed by atoms with Crippen LogP contribution in [0.1, 0.15) is 16.7 Å². The number of halogens is 3. The van der Waals surface area contributed by atoms with Crippen LogP contribution in [-0.2, 0) is 19.7 Å². The van der Waals surface area contributed by atoms with Crippen molar-refractivity contribution in [2.45, 2.75) is 19.7 Å². The van der Waals surface area contributed by atoms with Gasteiger partial charge >= 0.3 is 0 Å². The first-order valence-electron chi connectivity index (χ1n) is 8.60. The van der Waals surface area contributed by atoms with Gasteiger partial charge in [-0.05, 0) is 41.5 Å². The van der Waals surface area contributed by atoms with Gasteiger partial charge in [-0.15, -0.1) is 0 Å². The van der Waals surface area contributed by atoms with Crippen LogP contribution in [0.25, 0.3) is 0 Å². The van der Waals surface area contributed by atoms with E-state index in [4.69, 9.17) is 44.3 Å². The molecule has 0 fully saturated rings. The van der Waals surface area contributed by atoms with E-state index in [1.54, 1.807) is 43.8 Å². The molecule has 28 heavy (non-hydrogen) atoms. The molecular formula is C21H19Cl3N2O2. The average molecular weight is 438 g/mol. The fourth-order valence-corrected chi connectivity index (χ4v) is 3.37. The summed E-state index contributed by atoms with van der Waals surface area (Å²) < 4.78 is 11.3. The zero-order chi connectivity index (χ0) is 19.9. The van der Waals surface area contributed by atoms with E-state index in [9.17, 15) is 0 Å². The molecular weight excluding hydrogens is 419 g/mol. The minimum absolute atomic E-state index is 0.213. The Balaban J connectivity index is 1.68. The van der Waals surface area contributed by atoms with Crippen LogP contribution in [0.3, 0.4) is 0 Å². The van der Waals surface area contributed by atoms with E-state index in [1.807, 2.05) is 18.2 Å². The summed E-state index contributed by atoms with van der Waals surface area (Å²) in [5, 5.41) is 5.05. The van der Waals surface area contributed by atoms with Gasteiger partial charge in [-0.1, -0.05) is 40.9 Å². The average Bonchev–Trinajstić information content (AvgIpc) is 2.70. The highest BCUT2D eigenvalue weighted by Gasteiger charge is 2.13. The van der Waals surface area contributed by atoms with E-state index in [2.05, 4.69) is 10.3 Å². The molecule has 0 amide bonds. The molecule has 1 aromatic heterocycles. The molecule has 0 saturated heterocycles. The Kier molecular flexibility index (Phi) is 7.40. The summed E-state index contributed by atoms with van der Waals surface area (Å²) in [6.45, 7) is 1.52. The molecule has 0 spiro atoms. The first-order chi connectivity index (χ1) is 13.6. The fourth-order valence-electron chi connectivity index (χ4n) is 2.65. The van der Waals surface area contributed by atoms with Gasteiger partial charge in [0, 0.05) is 52.2 Å². The van der Waals surface area contributed by atoms with Crippen molar-refractivity contribution in [3.63, 3.8) is 0 Å². The van der Waals surface area contributed by atoms with Gasteiger partial charge in [-0.3, -0.25) is 4.98 Å². The van der Waals surface area contributed by atoms with Crippen LogP contribution >= 0.6 is 34.8 Å². The Labute approximate surface area is 179 Å². The molecule has 146 valence electrons. The molecule has 0 saturated carbocycles. The minimum Gasteiger partial charge on any atom is -0.493 e. The third-order valence-corrected chi connectivity index (χ3v) is 5.22. The summed E-state index contributed by atoms with van der Waals surface area (Å²) in [7, 11) is 1.59. The van der Waals surface area contributed by atoms with Gasteiger partial charge in [0.25, 0.3) is 0 Å². The van der Waals surface area contributed by atoms with Crippen molar-refractivity contribution < 1.29 is 9.47 Å². The van der Waals surface area contributed by atoms with Gasteiger partial charge in [-0.25, -0.2) is 0 Å². The van der Waals surface area contributed by atoms with Crippen molar-refractivity contribution in [1.29, 1.82) is 0 Å². The lowest BCUT2D eigenvalue weighted by Crippen LogP contribution is -2.13. The molecule has 3 aromatic rings. The Morgan fingerprint density at radius 1 is 0.893 bits per heavy atom. The molecule has 1 N–H and O–H groups in total. The van der Waals surface area contributed by atoms with Gasteiger partial charge in [0.15, 0.2) is 11.5 Å². The highest BCUT2D eigenvalue weighted by Crippen LogP contribution is 2.35. The zero-order valence-corrected chi connectivity index (χ0v) is 17.5. The number of nitrogens with one attached hydrogen (secondary N) is 1. The lowest BCUT2D eigenvalue weighted by Gasteiger charge is -2.15. The van der Waals surface area contributed by atoms with E-state index >= 15 is 0 Å². The second-order valence-electron chi connectivity index (χ2n) is 6.04. The maximum absolute atomic E-state index is 6.45. The smallest absolute Gasteiger partial charge is 0.163 e. The van der Waals surface area contributed by atoms with Crippen LogP contribution in [0.15, 0.2) is 54.9 Å². The van der Waals surface area contributed by atoms with Crippen molar-refractivity contribution in [2.24, 2.45) is 0 Å². The Bertz CT molecular complexity index is 916. The normalized spacial score (nSPS) is 10.7. The quantitative estimate of drug-likeness (QED) is 0.475. The SMILES string of the molecule is COc1cc(CNCc2ccncc2)c(Cl)cc1OCc1c(Cl)cccc1Cl. The van der Waals surface area contributed by atoms with Crippen LogP contribution in [0.2, 0.25) is 15.1 Å². The van der Waals surface area contributed by atoms with Crippen LogP contribution in [-0.4, -0.2) is 12.1 Å². The molecule has 4 nitrogen and oxygen atoms in total. The van der Waals surface area contributed by atoms with Gasteiger partial charge in [0.1, 0.15) is 6.61 Å². The van der Waals surface area contributed by atoms with Crippen molar-refractivity contribution >= 4 is 34.8 Å². The van der Waals surface area contributed by atoms with Gasteiger partial charge in [0.2, 0.25) is 0 Å². The fraction of sp³-hybridized carbons (Fsp3) is 0.190. The topological polar surface area (TPSA) is 43.4 Å². The molecule has 0 radical (unpaired) electrons. The minimum atomic E-state index is 0.213. The highest BCUT2D eigenvalue weighted by molar-refractivity contribution is 6.36. The number of hydrogen-bond donors (Lipinski definition) is 1. The molecule has 2 aromatic carbocycles. The second kappa shape index (κ2) is 9.99. The maximum atomic E-state index is 6.45. The Hall–Kier alpha value is -1.98. The monoisotopic (exact) mass is 436 g/mol. The summed E-state index contributed by atoms with van der Waals surface area (Å²) in [6.07, 6.45) is 3.54. The standard InChI is InChI=1S/C21H19Cl3N2O2/c1-27-20-9-15(12-26-11-14-5-7-25-8-6-14)19(24)10-21(20)28-13-16-17(22)3-2-4-18(16)23/h2-10,26H,11-13H2,1H3. The van der Waals surface area contributed by atoms with E-state index in [-0.39, 0.29) is 6.61 Å². The van der Waals surface area contributed by atoms with Crippen LogP contribution in [0.4, 0.5) is 0 Å². The number of ether oxygens (including phenoxy) is 2. The second-order valence-corrected chi connectivity index (χ2v) is 7.26. The summed E-state index contributed by atoms with van der Waals surface area (Å²) in [5.41, 5.74) is 2.78. The van der Waals surface area contributed by atoms with Gasteiger partial charge in [0.05, 0.1) is 7.11 Å².